The predicted molar refractivity (Wildman–Crippen MR) is 140 cm³/mol. The molecule has 1 heterocycles. The number of hydrogen-bond donors (Lipinski definition) is 0. The number of aliphatic imine (C=N–C) groups is 1. The molecule has 0 fully saturated rings. The minimum atomic E-state index is -0.624. The van der Waals surface area contributed by atoms with E-state index in [9.17, 15) is 13.2 Å². The van der Waals surface area contributed by atoms with Crippen LogP contribution in [0.5, 0.6) is 0 Å². The second kappa shape index (κ2) is 13.9. The number of hydrogen-bond acceptors (Lipinski definition) is 2. The molecule has 0 saturated heterocycles. The third kappa shape index (κ3) is 7.95. The van der Waals surface area contributed by atoms with Crippen LogP contribution < -0.4 is 0 Å². The zero-order chi connectivity index (χ0) is 25.8. The Labute approximate surface area is 206 Å². The maximum absolute atomic E-state index is 13.6. The first kappa shape index (κ1) is 27.6. The fourth-order valence-corrected chi connectivity index (χ4v) is 3.22. The molecule has 35 heavy (non-hydrogen) atoms. The molecule has 184 valence electrons. The van der Waals surface area contributed by atoms with Gasteiger partial charge in [0, 0.05) is 30.2 Å². The van der Waals surface area contributed by atoms with Gasteiger partial charge in [0.15, 0.2) is 0 Å². The van der Waals surface area contributed by atoms with Gasteiger partial charge in [0.1, 0.15) is 23.3 Å². The molecule has 4 aromatic rings. The summed E-state index contributed by atoms with van der Waals surface area (Å²) in [5.74, 6) is -0.931. The molecule has 1 aromatic heterocycles. The Morgan fingerprint density at radius 2 is 1.49 bits per heavy atom. The van der Waals surface area contributed by atoms with Crippen molar-refractivity contribution < 1.29 is 13.2 Å². The van der Waals surface area contributed by atoms with E-state index in [1.165, 1.54) is 30.7 Å². The van der Waals surface area contributed by atoms with E-state index in [-0.39, 0.29) is 5.82 Å². The van der Waals surface area contributed by atoms with Gasteiger partial charge in [-0.05, 0) is 53.9 Å². The second-order valence-corrected chi connectivity index (χ2v) is 7.59. The lowest BCUT2D eigenvalue weighted by atomic mass is 10.0. The van der Waals surface area contributed by atoms with Crippen LogP contribution in [0.4, 0.5) is 18.9 Å². The van der Waals surface area contributed by atoms with Gasteiger partial charge in [0.25, 0.3) is 0 Å². The lowest BCUT2D eigenvalue weighted by Crippen LogP contribution is -2.00. The quantitative estimate of drug-likeness (QED) is 0.263. The van der Waals surface area contributed by atoms with Crippen LogP contribution in [-0.2, 0) is 6.54 Å². The number of benzene rings is 3. The molecule has 0 N–H and O–H groups in total. The minimum Gasteiger partial charge on any atom is -0.326 e. The van der Waals surface area contributed by atoms with E-state index >= 15 is 0 Å². The van der Waals surface area contributed by atoms with Gasteiger partial charge < -0.3 is 4.57 Å². The summed E-state index contributed by atoms with van der Waals surface area (Å²) in [5.41, 5.74) is 3.44. The van der Waals surface area contributed by atoms with Crippen molar-refractivity contribution >= 4 is 11.9 Å². The maximum atomic E-state index is 13.6. The van der Waals surface area contributed by atoms with Gasteiger partial charge in [-0.25, -0.2) is 18.2 Å². The topological polar surface area (TPSA) is 30.2 Å². The summed E-state index contributed by atoms with van der Waals surface area (Å²) in [4.78, 5) is 8.83. The summed E-state index contributed by atoms with van der Waals surface area (Å²) in [6, 6.07) is 15.1. The van der Waals surface area contributed by atoms with Gasteiger partial charge in [0.05, 0.1) is 12.2 Å². The maximum Gasteiger partial charge on any atom is 0.140 e. The van der Waals surface area contributed by atoms with Crippen LogP contribution in [0.2, 0.25) is 0 Å². The van der Waals surface area contributed by atoms with Crippen LogP contribution in [0.3, 0.4) is 0 Å². The Morgan fingerprint density at radius 3 is 2.14 bits per heavy atom. The standard InChI is InChI=1S/C24H18F3N3.C3H8.C2H6/c1-16-5-6-17(19-12-21(26)15-22(27)13-19)14-23(16)28-7-9-30-10-8-29-24(30)18-3-2-4-20(25)11-18;1-3-2;1-2/h2-8,10-15H,9H2,1H3;3H2,1-2H3;1-2H3. The summed E-state index contributed by atoms with van der Waals surface area (Å²) in [6.45, 7) is 10.6. The van der Waals surface area contributed by atoms with Crippen molar-refractivity contribution in [3.05, 3.63) is 96.1 Å². The highest BCUT2D eigenvalue weighted by Crippen LogP contribution is 2.28. The first-order chi connectivity index (χ1) is 16.9. The Kier molecular flexibility index (Phi) is 10.9. The van der Waals surface area contributed by atoms with E-state index in [2.05, 4.69) is 23.8 Å². The number of aryl methyl sites for hydroxylation is 1. The average molecular weight is 480 g/mol. The van der Waals surface area contributed by atoms with E-state index in [1.54, 1.807) is 42.9 Å². The molecule has 3 nitrogen and oxygen atoms in total. The summed E-state index contributed by atoms with van der Waals surface area (Å²) in [7, 11) is 0. The molecule has 0 saturated carbocycles. The zero-order valence-electron chi connectivity index (χ0n) is 20.9. The highest BCUT2D eigenvalue weighted by atomic mass is 19.1. The highest BCUT2D eigenvalue weighted by molar-refractivity contribution is 5.72. The third-order valence-electron chi connectivity index (χ3n) is 4.71. The molecule has 0 bridgehead atoms. The van der Waals surface area contributed by atoms with Crippen molar-refractivity contribution in [2.45, 2.75) is 47.6 Å². The molecule has 0 atom stereocenters. The highest BCUT2D eigenvalue weighted by Gasteiger charge is 2.07. The van der Waals surface area contributed by atoms with Gasteiger partial charge in [-0.15, -0.1) is 0 Å². The summed E-state index contributed by atoms with van der Waals surface area (Å²) >= 11 is 0. The van der Waals surface area contributed by atoms with E-state index in [0.29, 0.717) is 34.7 Å². The number of imidazole rings is 1. The van der Waals surface area contributed by atoms with Gasteiger partial charge in [-0.2, -0.15) is 0 Å². The number of rotatable bonds is 5. The smallest absolute Gasteiger partial charge is 0.140 e. The molecule has 0 spiro atoms. The zero-order valence-corrected chi connectivity index (χ0v) is 20.9. The fraction of sp³-hybridized carbons (Fsp3) is 0.241. The normalized spacial score (nSPS) is 10.4. The van der Waals surface area contributed by atoms with Gasteiger partial charge in [-0.1, -0.05) is 58.4 Å². The van der Waals surface area contributed by atoms with Gasteiger partial charge in [-0.3, -0.25) is 4.99 Å². The molecule has 0 aliphatic rings. The number of nitrogens with zero attached hydrogens (tertiary/aromatic N) is 3. The van der Waals surface area contributed by atoms with Crippen molar-refractivity contribution in [1.82, 2.24) is 9.55 Å². The molecular formula is C29H32F3N3. The fourth-order valence-electron chi connectivity index (χ4n) is 3.22. The van der Waals surface area contributed by atoms with E-state index in [0.717, 1.165) is 11.6 Å². The molecule has 0 amide bonds. The Hall–Kier alpha value is -3.67. The van der Waals surface area contributed by atoms with Crippen LogP contribution in [0.15, 0.2) is 78.0 Å². The van der Waals surface area contributed by atoms with Gasteiger partial charge >= 0.3 is 0 Å². The Morgan fingerprint density at radius 1 is 0.829 bits per heavy atom. The van der Waals surface area contributed by atoms with Crippen LogP contribution in [-0.4, -0.2) is 15.8 Å². The molecule has 0 aliphatic carbocycles. The largest absolute Gasteiger partial charge is 0.326 e. The van der Waals surface area contributed by atoms with Crippen molar-refractivity contribution in [3.8, 4) is 22.5 Å². The molecular weight excluding hydrogens is 447 g/mol. The number of halogens is 3. The molecule has 0 aliphatic heterocycles. The van der Waals surface area contributed by atoms with E-state index in [4.69, 9.17) is 0 Å². The van der Waals surface area contributed by atoms with Crippen LogP contribution in [0.1, 0.15) is 39.7 Å². The minimum absolute atomic E-state index is 0.322. The molecule has 4 rings (SSSR count). The van der Waals surface area contributed by atoms with E-state index in [1.807, 2.05) is 31.4 Å². The Balaban J connectivity index is 0.000000803. The lowest BCUT2D eigenvalue weighted by Gasteiger charge is -2.07. The molecule has 3 aromatic carbocycles. The molecule has 6 heteroatoms. The van der Waals surface area contributed by atoms with Crippen molar-refractivity contribution in [1.29, 1.82) is 0 Å². The molecule has 0 unspecified atom stereocenters. The molecule has 0 radical (unpaired) electrons. The van der Waals surface area contributed by atoms with Gasteiger partial charge in [0.2, 0.25) is 0 Å². The predicted octanol–water partition coefficient (Wildman–Crippen LogP) is 8.79. The third-order valence-corrected chi connectivity index (χ3v) is 4.71. The summed E-state index contributed by atoms with van der Waals surface area (Å²) in [5, 5.41) is 0. The van der Waals surface area contributed by atoms with Crippen LogP contribution in [0, 0.1) is 24.4 Å². The first-order valence-corrected chi connectivity index (χ1v) is 11.8. The first-order valence-electron chi connectivity index (χ1n) is 11.8. The van der Waals surface area contributed by atoms with Crippen molar-refractivity contribution in [2.75, 3.05) is 0 Å². The monoisotopic (exact) mass is 479 g/mol. The summed E-state index contributed by atoms with van der Waals surface area (Å²) < 4.78 is 42.5. The van der Waals surface area contributed by atoms with Crippen molar-refractivity contribution in [3.63, 3.8) is 0 Å². The SMILES string of the molecule is CC.CCC.Cc1ccc(-c2cc(F)cc(F)c2)cc1N=CCn1ccnc1-c1cccc(F)c1. The Bertz CT molecular complexity index is 1230. The lowest BCUT2D eigenvalue weighted by molar-refractivity contribution is 0.584. The second-order valence-electron chi connectivity index (χ2n) is 7.59. The average Bonchev–Trinajstić information content (AvgIpc) is 3.30. The number of aromatic nitrogens is 2. The summed E-state index contributed by atoms with van der Waals surface area (Å²) in [6.07, 6.45) is 6.42. The van der Waals surface area contributed by atoms with Crippen LogP contribution >= 0.6 is 0 Å². The van der Waals surface area contributed by atoms with Crippen molar-refractivity contribution in [2.24, 2.45) is 4.99 Å². The van der Waals surface area contributed by atoms with Crippen LogP contribution in [0.25, 0.3) is 22.5 Å². The van der Waals surface area contributed by atoms with E-state index < -0.39 is 11.6 Å².